The molecule has 1 atom stereocenters. The standard InChI is InChI=1S/C12H17FN2O4/c1-15(5-7(16)6-19-2)11-4-9(13)8(12(17)18)3-10(11)14/h3-4,7,16H,5-6,14H2,1-2H3,(H,17,18). The topological polar surface area (TPSA) is 96.0 Å². The van der Waals surface area contributed by atoms with Crippen LogP contribution in [0.15, 0.2) is 12.1 Å². The second kappa shape index (κ2) is 6.35. The van der Waals surface area contributed by atoms with Crippen LogP contribution in [0.2, 0.25) is 0 Å². The third-order valence-corrected chi connectivity index (χ3v) is 2.60. The molecule has 0 saturated carbocycles. The first-order chi connectivity index (χ1) is 8.86. The normalized spacial score (nSPS) is 12.2. The first-order valence-corrected chi connectivity index (χ1v) is 5.57. The van der Waals surface area contributed by atoms with E-state index in [9.17, 15) is 14.3 Å². The summed E-state index contributed by atoms with van der Waals surface area (Å²) in [6, 6.07) is 2.10. The summed E-state index contributed by atoms with van der Waals surface area (Å²) in [5.74, 6) is -2.25. The van der Waals surface area contributed by atoms with Gasteiger partial charge in [-0.15, -0.1) is 0 Å². The Morgan fingerprint density at radius 3 is 2.74 bits per heavy atom. The number of nitrogen functional groups attached to an aromatic ring is 1. The molecular formula is C12H17FN2O4. The molecule has 106 valence electrons. The van der Waals surface area contributed by atoms with E-state index in [1.165, 1.54) is 12.0 Å². The number of hydrogen-bond acceptors (Lipinski definition) is 5. The van der Waals surface area contributed by atoms with E-state index in [4.69, 9.17) is 15.6 Å². The number of methoxy groups -OCH3 is 1. The zero-order valence-electron chi connectivity index (χ0n) is 10.8. The Hall–Kier alpha value is -1.86. The molecule has 0 spiro atoms. The molecule has 0 heterocycles. The number of anilines is 2. The van der Waals surface area contributed by atoms with Gasteiger partial charge < -0.3 is 25.6 Å². The molecule has 1 aromatic rings. The molecule has 19 heavy (non-hydrogen) atoms. The van der Waals surface area contributed by atoms with E-state index in [0.29, 0.717) is 5.69 Å². The monoisotopic (exact) mass is 272 g/mol. The fourth-order valence-corrected chi connectivity index (χ4v) is 1.73. The lowest BCUT2D eigenvalue weighted by atomic mass is 10.1. The molecule has 4 N–H and O–H groups in total. The second-order valence-electron chi connectivity index (χ2n) is 4.19. The SMILES string of the molecule is COCC(O)CN(C)c1cc(F)c(C(=O)O)cc1N. The molecule has 0 aliphatic carbocycles. The first kappa shape index (κ1) is 15.2. The van der Waals surface area contributed by atoms with Gasteiger partial charge >= 0.3 is 5.97 Å². The van der Waals surface area contributed by atoms with Crippen LogP contribution in [0, 0.1) is 5.82 Å². The quantitative estimate of drug-likeness (QED) is 0.654. The highest BCUT2D eigenvalue weighted by molar-refractivity contribution is 5.90. The van der Waals surface area contributed by atoms with Gasteiger partial charge in [-0.3, -0.25) is 0 Å². The van der Waals surface area contributed by atoms with Gasteiger partial charge in [0.05, 0.1) is 29.6 Å². The minimum atomic E-state index is -1.38. The van der Waals surface area contributed by atoms with Crippen LogP contribution in [0.3, 0.4) is 0 Å². The van der Waals surface area contributed by atoms with E-state index in [2.05, 4.69) is 0 Å². The van der Waals surface area contributed by atoms with Crippen LogP contribution >= 0.6 is 0 Å². The zero-order chi connectivity index (χ0) is 14.6. The molecule has 0 amide bonds. The number of hydrogen-bond donors (Lipinski definition) is 3. The Labute approximate surface area is 110 Å². The number of halogens is 1. The fourth-order valence-electron chi connectivity index (χ4n) is 1.73. The molecule has 6 nitrogen and oxygen atoms in total. The third-order valence-electron chi connectivity index (χ3n) is 2.60. The van der Waals surface area contributed by atoms with Gasteiger partial charge in [0.1, 0.15) is 5.82 Å². The molecule has 0 aromatic heterocycles. The molecule has 0 bridgehead atoms. The minimum absolute atomic E-state index is 0.130. The van der Waals surface area contributed by atoms with Crippen LogP contribution in [0.4, 0.5) is 15.8 Å². The maximum absolute atomic E-state index is 13.6. The van der Waals surface area contributed by atoms with E-state index in [0.717, 1.165) is 12.1 Å². The van der Waals surface area contributed by atoms with Crippen LogP contribution in [0.25, 0.3) is 0 Å². The second-order valence-corrected chi connectivity index (χ2v) is 4.19. The van der Waals surface area contributed by atoms with Gasteiger partial charge in [0, 0.05) is 26.8 Å². The molecule has 1 rings (SSSR count). The van der Waals surface area contributed by atoms with E-state index in [1.54, 1.807) is 7.05 Å². The molecule has 0 fully saturated rings. The largest absolute Gasteiger partial charge is 0.478 e. The lowest BCUT2D eigenvalue weighted by molar-refractivity contribution is 0.0688. The van der Waals surface area contributed by atoms with Gasteiger partial charge in [-0.1, -0.05) is 0 Å². The Morgan fingerprint density at radius 1 is 1.58 bits per heavy atom. The predicted molar refractivity (Wildman–Crippen MR) is 68.9 cm³/mol. The van der Waals surface area contributed by atoms with Crippen molar-refractivity contribution in [3.63, 3.8) is 0 Å². The van der Waals surface area contributed by atoms with Crippen molar-refractivity contribution in [2.75, 3.05) is 37.9 Å². The van der Waals surface area contributed by atoms with Crippen molar-refractivity contribution in [3.8, 4) is 0 Å². The van der Waals surface area contributed by atoms with Crippen molar-refractivity contribution < 1.29 is 24.1 Å². The molecule has 1 unspecified atom stereocenters. The van der Waals surface area contributed by atoms with Crippen LogP contribution in [0.1, 0.15) is 10.4 Å². The van der Waals surface area contributed by atoms with Crippen molar-refractivity contribution in [1.29, 1.82) is 0 Å². The number of ether oxygens (including phenoxy) is 1. The number of nitrogens with two attached hydrogens (primary N) is 1. The number of aliphatic hydroxyl groups excluding tert-OH is 1. The fraction of sp³-hybridized carbons (Fsp3) is 0.417. The van der Waals surface area contributed by atoms with Gasteiger partial charge in [-0.05, 0) is 6.07 Å². The number of carboxylic acid groups (broad SMARTS) is 1. The summed E-state index contributed by atoms with van der Waals surface area (Å²) in [6.07, 6.45) is -0.753. The number of likely N-dealkylation sites (N-methyl/N-ethyl adjacent to an activating group) is 1. The summed E-state index contributed by atoms with van der Waals surface area (Å²) in [5, 5.41) is 18.4. The van der Waals surface area contributed by atoms with Crippen LogP contribution in [-0.4, -0.2) is 49.6 Å². The van der Waals surface area contributed by atoms with Crippen LogP contribution in [-0.2, 0) is 4.74 Å². The summed E-state index contributed by atoms with van der Waals surface area (Å²) in [6.45, 7) is 0.323. The minimum Gasteiger partial charge on any atom is -0.478 e. The summed E-state index contributed by atoms with van der Waals surface area (Å²) >= 11 is 0. The summed E-state index contributed by atoms with van der Waals surface area (Å²) in [7, 11) is 3.07. The number of rotatable bonds is 6. The highest BCUT2D eigenvalue weighted by Crippen LogP contribution is 2.26. The molecule has 0 saturated heterocycles. The number of aliphatic hydroxyl groups is 1. The Balaban J connectivity index is 2.95. The highest BCUT2D eigenvalue weighted by Gasteiger charge is 2.17. The van der Waals surface area contributed by atoms with E-state index in [-0.39, 0.29) is 18.8 Å². The predicted octanol–water partition coefficient (Wildman–Crippen LogP) is 0.550. The van der Waals surface area contributed by atoms with E-state index >= 15 is 0 Å². The van der Waals surface area contributed by atoms with Crippen LogP contribution < -0.4 is 10.6 Å². The maximum Gasteiger partial charge on any atom is 0.338 e. The van der Waals surface area contributed by atoms with Crippen molar-refractivity contribution in [2.45, 2.75) is 6.10 Å². The third kappa shape index (κ3) is 3.80. The van der Waals surface area contributed by atoms with E-state index in [1.807, 2.05) is 0 Å². The Kier molecular flexibility index (Phi) is 5.08. The molecule has 1 aromatic carbocycles. The zero-order valence-corrected chi connectivity index (χ0v) is 10.8. The Morgan fingerprint density at radius 2 is 2.21 bits per heavy atom. The molecule has 7 heteroatoms. The van der Waals surface area contributed by atoms with Crippen LogP contribution in [0.5, 0.6) is 0 Å². The van der Waals surface area contributed by atoms with E-state index < -0.39 is 23.5 Å². The number of carbonyl (C=O) groups is 1. The van der Waals surface area contributed by atoms with Crippen molar-refractivity contribution in [2.24, 2.45) is 0 Å². The van der Waals surface area contributed by atoms with Crippen molar-refractivity contribution in [1.82, 2.24) is 0 Å². The van der Waals surface area contributed by atoms with Gasteiger partial charge in [0.15, 0.2) is 0 Å². The van der Waals surface area contributed by atoms with Crippen molar-refractivity contribution in [3.05, 3.63) is 23.5 Å². The average Bonchev–Trinajstić information content (AvgIpc) is 2.31. The number of carboxylic acids is 1. The smallest absolute Gasteiger partial charge is 0.338 e. The first-order valence-electron chi connectivity index (χ1n) is 5.57. The van der Waals surface area contributed by atoms with Gasteiger partial charge in [-0.25, -0.2) is 9.18 Å². The lowest BCUT2D eigenvalue weighted by Gasteiger charge is -2.24. The number of nitrogens with zero attached hydrogens (tertiary/aromatic N) is 1. The highest BCUT2D eigenvalue weighted by atomic mass is 19.1. The number of benzene rings is 1. The summed E-state index contributed by atoms with van der Waals surface area (Å²) in [5.41, 5.74) is 5.66. The maximum atomic E-state index is 13.6. The molecule has 0 radical (unpaired) electrons. The number of aromatic carboxylic acids is 1. The Bertz CT molecular complexity index is 467. The lowest BCUT2D eigenvalue weighted by Crippen LogP contribution is -2.32. The van der Waals surface area contributed by atoms with Crippen molar-refractivity contribution >= 4 is 17.3 Å². The molecule has 0 aliphatic rings. The van der Waals surface area contributed by atoms with Gasteiger partial charge in [0.25, 0.3) is 0 Å². The molecule has 0 aliphatic heterocycles. The summed E-state index contributed by atoms with van der Waals surface area (Å²) < 4.78 is 18.4. The van der Waals surface area contributed by atoms with Gasteiger partial charge in [-0.2, -0.15) is 0 Å². The summed E-state index contributed by atoms with van der Waals surface area (Å²) in [4.78, 5) is 12.3. The average molecular weight is 272 g/mol. The molecular weight excluding hydrogens is 255 g/mol. The van der Waals surface area contributed by atoms with Gasteiger partial charge in [0.2, 0.25) is 0 Å².